The van der Waals surface area contributed by atoms with Crippen molar-refractivity contribution < 1.29 is 4.79 Å². The molecule has 130 valence electrons. The number of hydrogen-bond donors (Lipinski definition) is 1. The third-order valence-electron chi connectivity index (χ3n) is 3.50. The van der Waals surface area contributed by atoms with Gasteiger partial charge in [0.25, 0.3) is 0 Å². The first kappa shape index (κ1) is 19.4. The molecule has 0 saturated heterocycles. The van der Waals surface area contributed by atoms with Crippen molar-refractivity contribution in [3.05, 3.63) is 16.1 Å². The van der Waals surface area contributed by atoms with E-state index in [1.807, 2.05) is 43.8 Å². The van der Waals surface area contributed by atoms with E-state index in [0.29, 0.717) is 13.1 Å². The summed E-state index contributed by atoms with van der Waals surface area (Å²) in [6, 6.07) is 0. The number of aromatic nitrogens is 1. The van der Waals surface area contributed by atoms with Gasteiger partial charge in [0, 0.05) is 37.8 Å². The zero-order valence-electron chi connectivity index (χ0n) is 14.9. The van der Waals surface area contributed by atoms with Gasteiger partial charge in [0.1, 0.15) is 5.01 Å². The van der Waals surface area contributed by atoms with Crippen molar-refractivity contribution in [3.8, 4) is 0 Å². The number of aryl methyl sites for hydroxylation is 1. The first-order valence-corrected chi connectivity index (χ1v) is 9.07. The molecule has 0 aromatic carbocycles. The van der Waals surface area contributed by atoms with Crippen LogP contribution in [0.3, 0.4) is 0 Å². The van der Waals surface area contributed by atoms with Crippen LogP contribution in [0.5, 0.6) is 0 Å². The molecule has 1 aromatic rings. The van der Waals surface area contributed by atoms with E-state index in [0.717, 1.165) is 37.0 Å². The van der Waals surface area contributed by atoms with E-state index in [9.17, 15) is 4.79 Å². The predicted octanol–water partition coefficient (Wildman–Crippen LogP) is 1.97. The van der Waals surface area contributed by atoms with Gasteiger partial charge in [0.05, 0.1) is 13.1 Å². The molecule has 0 spiro atoms. The van der Waals surface area contributed by atoms with E-state index in [1.165, 1.54) is 4.88 Å². The summed E-state index contributed by atoms with van der Waals surface area (Å²) in [5, 5.41) is 4.24. The number of thiazole rings is 1. The lowest BCUT2D eigenvalue weighted by Gasteiger charge is -2.25. The molecule has 1 rings (SSSR count). The van der Waals surface area contributed by atoms with Crippen molar-refractivity contribution >= 4 is 23.2 Å². The monoisotopic (exact) mass is 339 g/mol. The molecular weight excluding hydrogens is 310 g/mol. The summed E-state index contributed by atoms with van der Waals surface area (Å²) < 4.78 is 0. The number of hydrogen-bond acceptors (Lipinski definition) is 4. The van der Waals surface area contributed by atoms with Crippen molar-refractivity contribution in [2.45, 2.75) is 40.7 Å². The maximum Gasteiger partial charge on any atom is 0.242 e. The lowest BCUT2D eigenvalue weighted by atomic mass is 10.4. The van der Waals surface area contributed by atoms with Gasteiger partial charge in [-0.3, -0.25) is 4.79 Å². The average Bonchev–Trinajstić information content (AvgIpc) is 3.00. The van der Waals surface area contributed by atoms with Crippen molar-refractivity contribution in [2.24, 2.45) is 4.99 Å². The Bertz CT molecular complexity index is 510. The largest absolute Gasteiger partial charge is 0.357 e. The Hall–Kier alpha value is -1.63. The van der Waals surface area contributed by atoms with Crippen LogP contribution in [-0.2, 0) is 17.8 Å². The number of carbonyl (C=O) groups excluding carboxylic acids is 1. The van der Waals surface area contributed by atoms with Crippen molar-refractivity contribution in [3.63, 3.8) is 0 Å². The van der Waals surface area contributed by atoms with Crippen molar-refractivity contribution in [1.82, 2.24) is 20.1 Å². The molecule has 1 aromatic heterocycles. The fourth-order valence-corrected chi connectivity index (χ4v) is 2.94. The van der Waals surface area contributed by atoms with Crippen LogP contribution in [0.15, 0.2) is 11.2 Å². The Labute approximate surface area is 143 Å². The Morgan fingerprint density at radius 2 is 2.00 bits per heavy atom. The molecule has 0 aliphatic rings. The summed E-state index contributed by atoms with van der Waals surface area (Å²) >= 11 is 1.69. The number of carbonyl (C=O) groups is 1. The molecule has 1 N–H and O–H groups in total. The van der Waals surface area contributed by atoms with Crippen molar-refractivity contribution in [1.29, 1.82) is 0 Å². The summed E-state index contributed by atoms with van der Waals surface area (Å²) in [4.78, 5) is 26.2. The smallest absolute Gasteiger partial charge is 0.242 e. The van der Waals surface area contributed by atoms with Crippen LogP contribution in [0, 0.1) is 0 Å². The number of nitrogens with one attached hydrogen (secondary N) is 1. The average molecular weight is 340 g/mol. The predicted molar refractivity (Wildman–Crippen MR) is 96.9 cm³/mol. The molecule has 0 fully saturated rings. The molecule has 23 heavy (non-hydrogen) atoms. The number of nitrogens with zero attached hydrogens (tertiary/aromatic N) is 4. The Kier molecular flexibility index (Phi) is 8.61. The normalized spacial score (nSPS) is 11.4. The van der Waals surface area contributed by atoms with Gasteiger partial charge in [-0.2, -0.15) is 0 Å². The van der Waals surface area contributed by atoms with E-state index < -0.39 is 0 Å². The number of likely N-dealkylation sites (N-methyl/N-ethyl adjacent to an activating group) is 2. The van der Waals surface area contributed by atoms with E-state index in [4.69, 9.17) is 0 Å². The van der Waals surface area contributed by atoms with Crippen LogP contribution >= 0.6 is 11.3 Å². The molecule has 7 heteroatoms. The van der Waals surface area contributed by atoms with E-state index in [2.05, 4.69) is 22.2 Å². The molecule has 1 amide bonds. The number of amides is 1. The van der Waals surface area contributed by atoms with E-state index in [-0.39, 0.29) is 5.91 Å². The zero-order valence-corrected chi connectivity index (χ0v) is 15.7. The number of guanidine groups is 1. The third kappa shape index (κ3) is 6.17. The number of aliphatic imine (C=N–C) groups is 1. The highest BCUT2D eigenvalue weighted by Gasteiger charge is 2.15. The van der Waals surface area contributed by atoms with Gasteiger partial charge < -0.3 is 15.1 Å². The molecule has 6 nitrogen and oxygen atoms in total. The second kappa shape index (κ2) is 10.2. The molecule has 0 bridgehead atoms. The summed E-state index contributed by atoms with van der Waals surface area (Å²) in [6.07, 6.45) is 2.91. The van der Waals surface area contributed by atoms with Crippen molar-refractivity contribution in [2.75, 3.05) is 33.2 Å². The number of rotatable bonds is 8. The second-order valence-electron chi connectivity index (χ2n) is 5.17. The zero-order chi connectivity index (χ0) is 17.2. The first-order valence-electron chi connectivity index (χ1n) is 8.26. The molecule has 1 heterocycles. The molecule has 0 aliphatic carbocycles. The minimum atomic E-state index is 0.116. The van der Waals surface area contributed by atoms with Gasteiger partial charge in [-0.1, -0.05) is 6.92 Å². The van der Waals surface area contributed by atoms with Crippen LogP contribution < -0.4 is 5.32 Å². The summed E-state index contributed by atoms with van der Waals surface area (Å²) in [5.74, 6) is 0.854. The minimum Gasteiger partial charge on any atom is -0.357 e. The maximum atomic E-state index is 12.2. The van der Waals surface area contributed by atoms with Gasteiger partial charge in [0.15, 0.2) is 5.96 Å². The van der Waals surface area contributed by atoms with Crippen LogP contribution in [0.25, 0.3) is 0 Å². The first-order chi connectivity index (χ1) is 11.0. The summed E-state index contributed by atoms with van der Waals surface area (Å²) in [5.41, 5.74) is 0. The Balaban J connectivity index is 2.71. The van der Waals surface area contributed by atoms with Crippen LogP contribution in [0.4, 0.5) is 0 Å². The lowest BCUT2D eigenvalue weighted by Crippen LogP contribution is -2.45. The molecule has 0 aliphatic heterocycles. The molecular formula is C16H29N5OS. The summed E-state index contributed by atoms with van der Waals surface area (Å²) in [6.45, 7) is 11.2. The van der Waals surface area contributed by atoms with Gasteiger partial charge in [-0.15, -0.1) is 11.3 Å². The van der Waals surface area contributed by atoms with Crippen LogP contribution in [0.2, 0.25) is 0 Å². The standard InChI is InChI=1S/C16H29N5OS/c1-6-13-10-18-14(23-13)11-19-16(17-7-2)20(5)12-15(22)21(8-3)9-4/h10H,6-9,11-12H2,1-5H3,(H,17,19). The van der Waals surface area contributed by atoms with Gasteiger partial charge >= 0.3 is 0 Å². The molecule has 0 atom stereocenters. The quantitative estimate of drug-likeness (QED) is 0.581. The summed E-state index contributed by atoms with van der Waals surface area (Å²) in [7, 11) is 1.89. The van der Waals surface area contributed by atoms with Crippen LogP contribution in [0.1, 0.15) is 37.6 Å². The Morgan fingerprint density at radius 3 is 2.52 bits per heavy atom. The second-order valence-corrected chi connectivity index (χ2v) is 6.37. The van der Waals surface area contributed by atoms with E-state index >= 15 is 0 Å². The van der Waals surface area contributed by atoms with Gasteiger partial charge in [-0.05, 0) is 27.2 Å². The fourth-order valence-electron chi connectivity index (χ4n) is 2.15. The lowest BCUT2D eigenvalue weighted by molar-refractivity contribution is -0.131. The highest BCUT2D eigenvalue weighted by Crippen LogP contribution is 2.14. The Morgan fingerprint density at radius 1 is 1.30 bits per heavy atom. The molecule has 0 saturated carbocycles. The maximum absolute atomic E-state index is 12.2. The molecule has 0 unspecified atom stereocenters. The minimum absolute atomic E-state index is 0.116. The van der Waals surface area contributed by atoms with Gasteiger partial charge in [0.2, 0.25) is 5.91 Å². The van der Waals surface area contributed by atoms with Crippen LogP contribution in [-0.4, -0.2) is 59.9 Å². The SMILES string of the molecule is CCNC(=NCc1ncc(CC)s1)N(C)CC(=O)N(CC)CC. The fraction of sp³-hybridized carbons (Fsp3) is 0.688. The highest BCUT2D eigenvalue weighted by molar-refractivity contribution is 7.11. The third-order valence-corrected chi connectivity index (χ3v) is 4.63. The molecule has 0 radical (unpaired) electrons. The highest BCUT2D eigenvalue weighted by atomic mass is 32.1. The van der Waals surface area contributed by atoms with Gasteiger partial charge in [-0.25, -0.2) is 9.98 Å². The van der Waals surface area contributed by atoms with E-state index in [1.54, 1.807) is 11.3 Å². The topological polar surface area (TPSA) is 60.8 Å².